The first-order valence-electron chi connectivity index (χ1n) is 52.6. The largest absolute Gasteiger partial charge is 6.00 e. The molecule has 0 aliphatic carbocycles. The van der Waals surface area contributed by atoms with Crippen LogP contribution in [-0.4, -0.2) is 25.9 Å². The van der Waals surface area contributed by atoms with Crippen molar-refractivity contribution in [2.75, 3.05) is 31.9 Å². The Bertz CT molecular complexity index is 3310. The van der Waals surface area contributed by atoms with E-state index in [1.54, 1.807) is 0 Å². The van der Waals surface area contributed by atoms with Crippen molar-refractivity contribution in [3.8, 4) is 0 Å². The van der Waals surface area contributed by atoms with Crippen molar-refractivity contribution in [2.24, 2.45) is 0 Å². The number of hydrogen-bond donors (Lipinski definition) is 6. The van der Waals surface area contributed by atoms with Gasteiger partial charge in [-0.05, 0) is 257 Å². The van der Waals surface area contributed by atoms with Crippen molar-refractivity contribution >= 4 is 209 Å². The van der Waals surface area contributed by atoms with Gasteiger partial charge >= 0.3 is 21.1 Å². The van der Waals surface area contributed by atoms with Crippen LogP contribution >= 0.6 is 73.3 Å². The minimum atomic E-state index is 0. The van der Waals surface area contributed by atoms with Gasteiger partial charge in [-0.15, -0.1) is 0 Å². The number of anilines is 6. The zero-order valence-electron chi connectivity index (χ0n) is 85.1. The summed E-state index contributed by atoms with van der Waals surface area (Å²) >= 11 is 60.7. The van der Waals surface area contributed by atoms with Crippen molar-refractivity contribution in [3.05, 3.63) is 176 Å². The molecule has 6 nitrogen and oxygen atoms in total. The minimum Gasteiger partial charge on any atom is -0.411 e. The van der Waals surface area contributed by atoms with E-state index in [0.717, 1.165) is 72.6 Å². The monoisotopic (exact) mass is 2110 g/mol. The smallest absolute Gasteiger partial charge is 0.411 e. The van der Waals surface area contributed by atoms with Gasteiger partial charge < -0.3 is 181 Å². The Morgan fingerprint density at radius 2 is 0.271 bits per heavy atom. The summed E-state index contributed by atoms with van der Waals surface area (Å²) in [6, 6.07) is 39.1. The van der Waals surface area contributed by atoms with Crippen molar-refractivity contribution in [1.82, 2.24) is 0 Å². The Hall–Kier alpha value is -3.33. The summed E-state index contributed by atoms with van der Waals surface area (Å²) in [6.45, 7) is 27.1. The zero-order valence-corrected chi connectivity index (χ0v) is 96.9. The van der Waals surface area contributed by atoms with Gasteiger partial charge in [-0.1, -0.05) is 413 Å². The molecule has 133 heavy (non-hydrogen) atoms. The molecule has 0 fully saturated rings. The molecule has 744 valence electrons. The quantitative estimate of drug-likeness (QED) is 0.00949. The maximum absolute atomic E-state index is 5.06. The maximum Gasteiger partial charge on any atom is 6.00 e. The number of hydrogen-bond acceptors (Lipinski definition) is 12. The molecule has 0 saturated heterocycles. The van der Waals surface area contributed by atoms with Crippen LogP contribution in [0, 0.1) is 0 Å². The van der Waals surface area contributed by atoms with Crippen LogP contribution in [0.3, 0.4) is 0 Å². The van der Waals surface area contributed by atoms with Gasteiger partial charge in [0.2, 0.25) is 0 Å². The van der Waals surface area contributed by atoms with Gasteiger partial charge in [-0.25, -0.2) is 0 Å². The summed E-state index contributed by atoms with van der Waals surface area (Å²) in [4.78, 5) is 0. The first kappa shape index (κ1) is 130. The molecular weight excluding hydrogens is 1930 g/mol. The summed E-state index contributed by atoms with van der Waals surface area (Å²) < 4.78 is 2.66. The molecule has 0 heterocycles. The van der Waals surface area contributed by atoms with Crippen LogP contribution in [0.4, 0.5) is 34.1 Å². The van der Waals surface area contributed by atoms with Crippen molar-refractivity contribution in [3.63, 3.8) is 0 Å². The van der Waals surface area contributed by atoms with E-state index >= 15 is 0 Å². The van der Waals surface area contributed by atoms with Gasteiger partial charge in [-0.3, -0.25) is 0 Å². The van der Waals surface area contributed by atoms with Crippen LogP contribution in [0.15, 0.2) is 109 Å². The number of benzene rings is 6. The Morgan fingerprint density at radius 3 is 0.368 bits per heavy atom. The van der Waals surface area contributed by atoms with Crippen molar-refractivity contribution in [2.45, 2.75) is 468 Å². The Kier molecular flexibility index (Phi) is 87.7. The predicted octanol–water partition coefficient (Wildman–Crippen LogP) is 37.1. The number of thiocarbonyl (C=S) groups is 6. The first-order chi connectivity index (χ1) is 64.1. The molecule has 0 spiro atoms. The molecule has 6 aromatic carbocycles. The van der Waals surface area contributed by atoms with Crippen LogP contribution in [0.1, 0.15) is 458 Å². The van der Waals surface area contributed by atoms with Crippen LogP contribution in [0.5, 0.6) is 0 Å². The molecule has 0 aliphatic heterocycles. The normalized spacial score (nSPS) is 10.6. The van der Waals surface area contributed by atoms with Crippen LogP contribution in [0.2, 0.25) is 0 Å². The third kappa shape index (κ3) is 66.1. The molecule has 0 aromatic heterocycles. The van der Waals surface area contributed by atoms with E-state index in [1.807, 2.05) is 0 Å². The molecule has 0 aliphatic rings. The SMILES string of the molecule is CCCCCCc1cccc(NC(=S)[S-])c1CCCCCC.CCCCCCc1cccc(NC(=S)[S-])c1CCCCCC.CCCCCCc1cccc(NC(=S)[S-])c1CCCCCC.CCCCCCc1cccc(NC(=S)[S-])c1CCCCCC.CCCCCCc1cccc(NC(=S)[S-])c1CCCCCC.CCCCCCc1cccc(NC(=S)[S-])c1CCCCCC.[Mo+6]. The predicted molar refractivity (Wildman–Crippen MR) is 634 cm³/mol. The molecule has 0 atom stereocenters. The Labute approximate surface area is 897 Å². The van der Waals surface area contributed by atoms with Crippen molar-refractivity contribution in [1.29, 1.82) is 0 Å². The van der Waals surface area contributed by atoms with E-state index in [0.29, 0.717) is 25.9 Å². The zero-order chi connectivity index (χ0) is 97.3. The van der Waals surface area contributed by atoms with Gasteiger partial charge in [0.15, 0.2) is 0 Å². The molecule has 6 aromatic rings. The summed E-state index contributed by atoms with van der Waals surface area (Å²) in [7, 11) is 0. The minimum absolute atomic E-state index is 0. The van der Waals surface area contributed by atoms with Crippen LogP contribution in [-0.2, 0) is 174 Å². The van der Waals surface area contributed by atoms with Crippen LogP contribution < -0.4 is 31.9 Å². The molecule has 19 heteroatoms. The maximum atomic E-state index is 5.06. The second kappa shape index (κ2) is 90.0. The second-order valence-corrected chi connectivity index (χ2v) is 42.3. The van der Waals surface area contributed by atoms with Gasteiger partial charge in [-0.2, -0.15) is 0 Å². The average molecular weight is 2120 g/mol. The molecule has 6 N–H and O–H groups in total. The molecule has 0 bridgehead atoms. The third-order valence-corrected chi connectivity index (χ3v) is 25.8. The fourth-order valence-corrected chi connectivity index (χ4v) is 18.5. The molecule has 6 rings (SSSR count). The van der Waals surface area contributed by atoms with E-state index in [-0.39, 0.29) is 21.1 Å². The standard InChI is InChI=1S/6C19H31NS2.Mo/c6*1-3-5-7-9-12-16-13-11-15-18(20-19(21)22)17(16)14-10-8-6-4-2;/h6*11,13,15H,3-10,12,14H2,1-2H3,(H2,20,21,22);/q;;;;;;+6/p-6. The van der Waals surface area contributed by atoms with E-state index in [9.17, 15) is 0 Å². The number of rotatable bonds is 66. The fourth-order valence-electron chi connectivity index (χ4n) is 17.2. The van der Waals surface area contributed by atoms with Gasteiger partial charge in [0.05, 0.1) is 0 Å². The molecule has 0 amide bonds. The topological polar surface area (TPSA) is 72.2 Å². The van der Waals surface area contributed by atoms with Gasteiger partial charge in [0.1, 0.15) is 0 Å². The summed E-state index contributed by atoms with van der Waals surface area (Å²) in [6.07, 6.45) is 76.0. The third-order valence-electron chi connectivity index (χ3n) is 24.5. The van der Waals surface area contributed by atoms with E-state index in [4.69, 9.17) is 149 Å². The summed E-state index contributed by atoms with van der Waals surface area (Å²) in [5.74, 6) is 0. The molecule has 0 saturated carbocycles. The Balaban J connectivity index is 0.00000157. The number of unbranched alkanes of at least 4 members (excludes halogenated alkanes) is 36. The van der Waals surface area contributed by atoms with Gasteiger partial charge in [0, 0.05) is 34.1 Å². The number of aryl methyl sites for hydroxylation is 6. The van der Waals surface area contributed by atoms with Crippen LogP contribution in [0.25, 0.3) is 0 Å². The molecule has 0 unspecified atom stereocenters. The van der Waals surface area contributed by atoms with E-state index in [2.05, 4.69) is 224 Å². The van der Waals surface area contributed by atoms with Gasteiger partial charge in [0.25, 0.3) is 0 Å². The van der Waals surface area contributed by atoms with E-state index < -0.39 is 0 Å². The fraction of sp³-hybridized carbons (Fsp3) is 0.632. The number of nitrogens with one attached hydrogen (secondary N) is 6. The Morgan fingerprint density at radius 1 is 0.165 bits per heavy atom. The molecule has 0 radical (unpaired) electrons. The molecular formula is C114H180MoN6S12. The summed E-state index contributed by atoms with van der Waals surface area (Å²) in [5.41, 5.74) is 24.2. The van der Waals surface area contributed by atoms with E-state index in [1.165, 1.54) is 413 Å². The summed E-state index contributed by atoms with van der Waals surface area (Å²) in [5, 5.41) is 19.2. The first-order valence-corrected chi connectivity index (χ1v) is 57.5. The van der Waals surface area contributed by atoms with Crippen molar-refractivity contribution < 1.29 is 21.1 Å². The second-order valence-electron chi connectivity index (χ2n) is 35.9. The average Bonchev–Trinajstić information content (AvgIpc) is 0.876.